The molecule has 1 aromatic rings. The van der Waals surface area contributed by atoms with Gasteiger partial charge in [0.1, 0.15) is 5.75 Å². The number of halogens is 2. The first kappa shape index (κ1) is 14.7. The van der Waals surface area contributed by atoms with Crippen LogP contribution in [0.25, 0.3) is 0 Å². The zero-order valence-corrected chi connectivity index (χ0v) is 13.0. The number of carbonyl (C=O) groups is 1. The Morgan fingerprint density at radius 3 is 2.58 bits per heavy atom. The fourth-order valence-corrected chi connectivity index (χ4v) is 2.94. The third kappa shape index (κ3) is 4.39. The first-order chi connectivity index (χ1) is 9.16. The van der Waals surface area contributed by atoms with Crippen LogP contribution in [0.3, 0.4) is 0 Å². The fourth-order valence-electron chi connectivity index (χ4n) is 2.14. The van der Waals surface area contributed by atoms with E-state index in [1.807, 2.05) is 4.90 Å². The van der Waals surface area contributed by atoms with Gasteiger partial charge in [-0.15, -0.1) is 0 Å². The monoisotopic (exact) mass is 345 g/mol. The quantitative estimate of drug-likeness (QED) is 0.831. The summed E-state index contributed by atoms with van der Waals surface area (Å²) < 4.78 is 6.32. The standard InChI is InChI=1S/C14H17BrClNO2/c15-12-9-11(16)5-6-13(12)19-10-14(18)17-7-3-1-2-4-8-17/h5-6,9H,1-4,7-8,10H2. The Kier molecular flexibility index (Phi) is 5.52. The average molecular weight is 347 g/mol. The maximum atomic E-state index is 12.1. The molecule has 1 saturated heterocycles. The van der Waals surface area contributed by atoms with Crippen LogP contribution < -0.4 is 4.74 Å². The van der Waals surface area contributed by atoms with Crippen molar-refractivity contribution in [2.75, 3.05) is 19.7 Å². The molecule has 1 amide bonds. The van der Waals surface area contributed by atoms with Gasteiger partial charge < -0.3 is 9.64 Å². The highest BCUT2D eigenvalue weighted by Crippen LogP contribution is 2.28. The Bertz CT molecular complexity index is 445. The zero-order chi connectivity index (χ0) is 13.7. The molecule has 1 fully saturated rings. The van der Waals surface area contributed by atoms with E-state index in [0.717, 1.165) is 30.4 Å². The summed E-state index contributed by atoms with van der Waals surface area (Å²) in [6, 6.07) is 5.27. The lowest BCUT2D eigenvalue weighted by Crippen LogP contribution is -2.35. The molecule has 1 heterocycles. The first-order valence-corrected chi connectivity index (χ1v) is 7.69. The first-order valence-electron chi connectivity index (χ1n) is 6.52. The Hall–Kier alpha value is -0.740. The Labute approximate surface area is 127 Å². The Morgan fingerprint density at radius 2 is 1.95 bits per heavy atom. The van der Waals surface area contributed by atoms with Crippen LogP contribution in [0.5, 0.6) is 5.75 Å². The van der Waals surface area contributed by atoms with Crippen molar-refractivity contribution in [2.24, 2.45) is 0 Å². The topological polar surface area (TPSA) is 29.5 Å². The molecule has 1 aromatic carbocycles. The number of carbonyl (C=O) groups excluding carboxylic acids is 1. The van der Waals surface area contributed by atoms with Gasteiger partial charge in [0, 0.05) is 18.1 Å². The van der Waals surface area contributed by atoms with Crippen molar-refractivity contribution in [1.82, 2.24) is 4.90 Å². The van der Waals surface area contributed by atoms with Crippen LogP contribution >= 0.6 is 27.5 Å². The lowest BCUT2D eigenvalue weighted by atomic mass is 10.2. The van der Waals surface area contributed by atoms with Crippen molar-refractivity contribution in [1.29, 1.82) is 0 Å². The molecule has 19 heavy (non-hydrogen) atoms. The summed E-state index contributed by atoms with van der Waals surface area (Å²) >= 11 is 9.23. The van der Waals surface area contributed by atoms with Gasteiger partial charge in [-0.05, 0) is 47.0 Å². The van der Waals surface area contributed by atoms with E-state index in [-0.39, 0.29) is 12.5 Å². The van der Waals surface area contributed by atoms with Crippen molar-refractivity contribution in [2.45, 2.75) is 25.7 Å². The molecule has 0 radical (unpaired) electrons. The van der Waals surface area contributed by atoms with Gasteiger partial charge in [-0.25, -0.2) is 0 Å². The summed E-state index contributed by atoms with van der Waals surface area (Å²) in [5.41, 5.74) is 0. The van der Waals surface area contributed by atoms with Gasteiger partial charge in [-0.2, -0.15) is 0 Å². The molecule has 0 bridgehead atoms. The van der Waals surface area contributed by atoms with E-state index in [1.54, 1.807) is 18.2 Å². The minimum Gasteiger partial charge on any atom is -0.483 e. The predicted molar refractivity (Wildman–Crippen MR) is 79.7 cm³/mol. The number of nitrogens with zero attached hydrogens (tertiary/aromatic N) is 1. The minimum absolute atomic E-state index is 0.0590. The fraction of sp³-hybridized carbons (Fsp3) is 0.500. The van der Waals surface area contributed by atoms with Crippen molar-refractivity contribution in [3.63, 3.8) is 0 Å². The Morgan fingerprint density at radius 1 is 1.26 bits per heavy atom. The number of benzene rings is 1. The van der Waals surface area contributed by atoms with Crippen LogP contribution in [-0.2, 0) is 4.79 Å². The van der Waals surface area contributed by atoms with E-state index in [0.29, 0.717) is 10.8 Å². The van der Waals surface area contributed by atoms with Gasteiger partial charge in [-0.1, -0.05) is 24.4 Å². The lowest BCUT2D eigenvalue weighted by molar-refractivity contribution is -0.133. The third-order valence-corrected chi connectivity index (χ3v) is 4.06. The van der Waals surface area contributed by atoms with Gasteiger partial charge in [0.25, 0.3) is 5.91 Å². The lowest BCUT2D eigenvalue weighted by Gasteiger charge is -2.20. The van der Waals surface area contributed by atoms with Crippen LogP contribution in [0.4, 0.5) is 0 Å². The second-order valence-electron chi connectivity index (χ2n) is 4.66. The molecule has 0 aliphatic carbocycles. The highest BCUT2D eigenvalue weighted by atomic mass is 79.9. The smallest absolute Gasteiger partial charge is 0.260 e. The van der Waals surface area contributed by atoms with Gasteiger partial charge >= 0.3 is 0 Å². The highest BCUT2D eigenvalue weighted by molar-refractivity contribution is 9.10. The van der Waals surface area contributed by atoms with E-state index >= 15 is 0 Å². The van der Waals surface area contributed by atoms with E-state index < -0.39 is 0 Å². The number of hydrogen-bond donors (Lipinski definition) is 0. The normalized spacial score (nSPS) is 16.0. The molecular weight excluding hydrogens is 330 g/mol. The third-order valence-electron chi connectivity index (χ3n) is 3.20. The van der Waals surface area contributed by atoms with Crippen LogP contribution in [-0.4, -0.2) is 30.5 Å². The second-order valence-corrected chi connectivity index (χ2v) is 5.95. The molecule has 0 atom stereocenters. The van der Waals surface area contributed by atoms with Crippen molar-refractivity contribution < 1.29 is 9.53 Å². The zero-order valence-electron chi connectivity index (χ0n) is 10.7. The molecule has 1 aliphatic heterocycles. The molecule has 3 nitrogen and oxygen atoms in total. The number of ether oxygens (including phenoxy) is 1. The maximum absolute atomic E-state index is 12.1. The Balaban J connectivity index is 1.88. The van der Waals surface area contributed by atoms with Crippen molar-refractivity contribution >= 4 is 33.4 Å². The van der Waals surface area contributed by atoms with Crippen molar-refractivity contribution in [3.8, 4) is 5.75 Å². The van der Waals surface area contributed by atoms with Gasteiger partial charge in [0.05, 0.1) is 4.47 Å². The molecule has 1 aliphatic rings. The van der Waals surface area contributed by atoms with Crippen LogP contribution in [0.15, 0.2) is 22.7 Å². The van der Waals surface area contributed by atoms with Gasteiger partial charge in [0.2, 0.25) is 0 Å². The van der Waals surface area contributed by atoms with Gasteiger partial charge in [-0.3, -0.25) is 4.79 Å². The predicted octanol–water partition coefficient (Wildman–Crippen LogP) is 3.88. The van der Waals surface area contributed by atoms with Crippen LogP contribution in [0, 0.1) is 0 Å². The summed E-state index contributed by atoms with van der Waals surface area (Å²) in [7, 11) is 0. The molecule has 0 aromatic heterocycles. The molecule has 5 heteroatoms. The number of hydrogen-bond acceptors (Lipinski definition) is 2. The second kappa shape index (κ2) is 7.15. The van der Waals surface area contributed by atoms with E-state index in [4.69, 9.17) is 16.3 Å². The molecule has 104 valence electrons. The molecule has 0 unspecified atom stereocenters. The molecule has 2 rings (SSSR count). The van der Waals surface area contributed by atoms with Gasteiger partial charge in [0.15, 0.2) is 6.61 Å². The average Bonchev–Trinajstić information content (AvgIpc) is 2.66. The molecule has 0 saturated carbocycles. The summed E-state index contributed by atoms with van der Waals surface area (Å²) in [5, 5.41) is 0.637. The molecular formula is C14H17BrClNO2. The highest BCUT2D eigenvalue weighted by Gasteiger charge is 2.16. The summed E-state index contributed by atoms with van der Waals surface area (Å²) in [6.45, 7) is 1.79. The van der Waals surface area contributed by atoms with E-state index in [1.165, 1.54) is 12.8 Å². The maximum Gasteiger partial charge on any atom is 0.260 e. The summed E-state index contributed by atoms with van der Waals surface area (Å²) in [4.78, 5) is 14.0. The minimum atomic E-state index is 0.0590. The van der Waals surface area contributed by atoms with Crippen LogP contribution in [0.1, 0.15) is 25.7 Å². The summed E-state index contributed by atoms with van der Waals surface area (Å²) in [5.74, 6) is 0.705. The number of amides is 1. The number of rotatable bonds is 3. The van der Waals surface area contributed by atoms with Crippen LogP contribution in [0.2, 0.25) is 5.02 Å². The van der Waals surface area contributed by atoms with E-state index in [9.17, 15) is 4.79 Å². The molecule has 0 spiro atoms. The number of likely N-dealkylation sites (tertiary alicyclic amines) is 1. The molecule has 0 N–H and O–H groups in total. The largest absolute Gasteiger partial charge is 0.483 e. The SMILES string of the molecule is O=C(COc1ccc(Cl)cc1Br)N1CCCCCC1. The van der Waals surface area contributed by atoms with E-state index in [2.05, 4.69) is 15.9 Å². The van der Waals surface area contributed by atoms with Crippen molar-refractivity contribution in [3.05, 3.63) is 27.7 Å². The summed E-state index contributed by atoms with van der Waals surface area (Å²) in [6.07, 6.45) is 4.62.